The van der Waals surface area contributed by atoms with Gasteiger partial charge in [0.25, 0.3) is 0 Å². The average Bonchev–Trinajstić information content (AvgIpc) is 2.51. The highest BCUT2D eigenvalue weighted by Gasteiger charge is 2.17. The van der Waals surface area contributed by atoms with Crippen molar-refractivity contribution in [1.82, 2.24) is 15.6 Å². The molecule has 0 fully saturated rings. The minimum atomic E-state index is -3.68. The molecule has 2 amide bonds. The third-order valence-electron chi connectivity index (χ3n) is 3.61. The van der Waals surface area contributed by atoms with Crippen molar-refractivity contribution in [1.29, 1.82) is 0 Å². The summed E-state index contributed by atoms with van der Waals surface area (Å²) in [4.78, 5) is 23.2. The first-order valence-electron chi connectivity index (χ1n) is 8.59. The molecule has 0 saturated carbocycles. The quantitative estimate of drug-likeness (QED) is 0.625. The standard InChI is InChI=1S/C18H29N3O4S/c1-13(2)12-17(23)21-20-16(22)10-11-19-26(24,25)15-8-6-14(7-9-15)18(3,4)5/h6-9,13,19H,10-12H2,1-5H3,(H,20,22)(H,21,23). The highest BCUT2D eigenvalue weighted by molar-refractivity contribution is 7.89. The number of amides is 2. The molecule has 0 aliphatic heterocycles. The normalized spacial score (nSPS) is 12.1. The maximum absolute atomic E-state index is 12.2. The van der Waals surface area contributed by atoms with E-state index in [1.165, 1.54) is 0 Å². The smallest absolute Gasteiger partial charge is 0.240 e. The number of carbonyl (C=O) groups excluding carboxylic acids is 2. The van der Waals surface area contributed by atoms with Gasteiger partial charge in [0, 0.05) is 19.4 Å². The Bertz CT molecular complexity index is 720. The third kappa shape index (κ3) is 7.53. The van der Waals surface area contributed by atoms with E-state index in [-0.39, 0.29) is 35.1 Å². The van der Waals surface area contributed by atoms with Crippen LogP contribution in [0, 0.1) is 5.92 Å². The zero-order valence-electron chi connectivity index (χ0n) is 16.0. The van der Waals surface area contributed by atoms with Crippen LogP contribution < -0.4 is 15.6 Å². The molecule has 1 aromatic carbocycles. The third-order valence-corrected chi connectivity index (χ3v) is 5.09. The first-order valence-corrected chi connectivity index (χ1v) is 10.1. The van der Waals surface area contributed by atoms with Crippen LogP contribution >= 0.6 is 0 Å². The molecule has 0 unspecified atom stereocenters. The number of nitrogens with one attached hydrogen (secondary N) is 3. The molecule has 0 saturated heterocycles. The van der Waals surface area contributed by atoms with Crippen LogP contribution in [0.1, 0.15) is 53.0 Å². The van der Waals surface area contributed by atoms with Gasteiger partial charge in [0.1, 0.15) is 0 Å². The van der Waals surface area contributed by atoms with Crippen molar-refractivity contribution in [3.63, 3.8) is 0 Å². The number of carbonyl (C=O) groups is 2. The van der Waals surface area contributed by atoms with E-state index in [0.29, 0.717) is 6.42 Å². The van der Waals surface area contributed by atoms with Crippen LogP contribution in [0.5, 0.6) is 0 Å². The van der Waals surface area contributed by atoms with Crippen molar-refractivity contribution in [2.45, 2.75) is 57.8 Å². The summed E-state index contributed by atoms with van der Waals surface area (Å²) < 4.78 is 26.9. The van der Waals surface area contributed by atoms with Crippen molar-refractivity contribution >= 4 is 21.8 Å². The molecular weight excluding hydrogens is 354 g/mol. The SMILES string of the molecule is CC(C)CC(=O)NNC(=O)CCNS(=O)(=O)c1ccc(C(C)(C)C)cc1. The molecule has 1 aromatic rings. The van der Waals surface area contributed by atoms with E-state index in [1.54, 1.807) is 24.3 Å². The lowest BCUT2D eigenvalue weighted by atomic mass is 9.87. The summed E-state index contributed by atoms with van der Waals surface area (Å²) >= 11 is 0. The van der Waals surface area contributed by atoms with Gasteiger partial charge in [0.05, 0.1) is 4.90 Å². The summed E-state index contributed by atoms with van der Waals surface area (Å²) in [5.74, 6) is -0.566. The van der Waals surface area contributed by atoms with Crippen LogP contribution in [0.3, 0.4) is 0 Å². The molecule has 0 aromatic heterocycles. The van der Waals surface area contributed by atoms with Gasteiger partial charge in [-0.05, 0) is 29.0 Å². The van der Waals surface area contributed by atoms with Crippen molar-refractivity contribution < 1.29 is 18.0 Å². The van der Waals surface area contributed by atoms with Gasteiger partial charge in [-0.2, -0.15) is 0 Å². The van der Waals surface area contributed by atoms with E-state index in [2.05, 4.69) is 15.6 Å². The van der Waals surface area contributed by atoms with Crippen LogP contribution in [-0.2, 0) is 25.0 Å². The predicted octanol–water partition coefficient (Wildman–Crippen LogP) is 1.85. The van der Waals surface area contributed by atoms with Crippen molar-refractivity contribution in [2.24, 2.45) is 5.92 Å². The number of hydrogen-bond acceptors (Lipinski definition) is 4. The van der Waals surface area contributed by atoms with Gasteiger partial charge in [-0.15, -0.1) is 0 Å². The highest BCUT2D eigenvalue weighted by Crippen LogP contribution is 2.23. The Labute approximate surface area is 156 Å². The Balaban J connectivity index is 2.48. The van der Waals surface area contributed by atoms with E-state index < -0.39 is 15.9 Å². The molecule has 0 aliphatic carbocycles. The molecule has 0 radical (unpaired) electrons. The average molecular weight is 384 g/mol. The molecule has 8 heteroatoms. The van der Waals surface area contributed by atoms with Crippen molar-refractivity contribution in [2.75, 3.05) is 6.54 Å². The monoisotopic (exact) mass is 383 g/mol. The number of benzene rings is 1. The predicted molar refractivity (Wildman–Crippen MR) is 101 cm³/mol. The first kappa shape index (κ1) is 22.1. The van der Waals surface area contributed by atoms with Crippen molar-refractivity contribution in [3.8, 4) is 0 Å². The van der Waals surface area contributed by atoms with Gasteiger partial charge in [-0.3, -0.25) is 20.4 Å². The van der Waals surface area contributed by atoms with Gasteiger partial charge in [-0.1, -0.05) is 46.8 Å². The fourth-order valence-electron chi connectivity index (χ4n) is 2.14. The lowest BCUT2D eigenvalue weighted by Crippen LogP contribution is -2.43. The number of rotatable bonds is 7. The molecule has 0 aliphatic rings. The zero-order valence-corrected chi connectivity index (χ0v) is 16.9. The Morgan fingerprint density at radius 2 is 1.54 bits per heavy atom. The molecule has 0 atom stereocenters. The summed E-state index contributed by atoms with van der Waals surface area (Å²) in [6, 6.07) is 6.67. The lowest BCUT2D eigenvalue weighted by Gasteiger charge is -2.19. The Kier molecular flexibility index (Phi) is 7.77. The number of hydrogen-bond donors (Lipinski definition) is 3. The molecule has 7 nitrogen and oxygen atoms in total. The largest absolute Gasteiger partial charge is 0.273 e. The minimum Gasteiger partial charge on any atom is -0.273 e. The van der Waals surface area contributed by atoms with Crippen LogP contribution in [-0.4, -0.2) is 26.8 Å². The summed E-state index contributed by atoms with van der Waals surface area (Å²) in [7, 11) is -3.68. The number of sulfonamides is 1. The molecule has 0 heterocycles. The topological polar surface area (TPSA) is 104 Å². The maximum atomic E-state index is 12.2. The molecular formula is C18H29N3O4S. The Hall–Kier alpha value is -1.93. The molecule has 3 N–H and O–H groups in total. The van der Waals surface area contributed by atoms with Gasteiger partial charge < -0.3 is 0 Å². The van der Waals surface area contributed by atoms with E-state index >= 15 is 0 Å². The Morgan fingerprint density at radius 3 is 2.04 bits per heavy atom. The molecule has 0 bridgehead atoms. The van der Waals surface area contributed by atoms with E-state index in [1.807, 2.05) is 34.6 Å². The highest BCUT2D eigenvalue weighted by atomic mass is 32.2. The van der Waals surface area contributed by atoms with Crippen LogP contribution in [0.4, 0.5) is 0 Å². The summed E-state index contributed by atoms with van der Waals surface area (Å²) in [6.45, 7) is 9.87. The van der Waals surface area contributed by atoms with Crippen LogP contribution in [0.25, 0.3) is 0 Å². The summed E-state index contributed by atoms with van der Waals surface area (Å²) in [6.07, 6.45) is 0.221. The summed E-state index contributed by atoms with van der Waals surface area (Å²) in [5.41, 5.74) is 5.54. The molecule has 1 rings (SSSR count). The fourth-order valence-corrected chi connectivity index (χ4v) is 3.17. The second kappa shape index (κ2) is 9.14. The van der Waals surface area contributed by atoms with Crippen LogP contribution in [0.2, 0.25) is 0 Å². The molecule has 26 heavy (non-hydrogen) atoms. The zero-order chi connectivity index (χ0) is 20.0. The van der Waals surface area contributed by atoms with Crippen LogP contribution in [0.15, 0.2) is 29.2 Å². The van der Waals surface area contributed by atoms with Gasteiger partial charge in [0.2, 0.25) is 21.8 Å². The Morgan fingerprint density at radius 1 is 1.00 bits per heavy atom. The van der Waals surface area contributed by atoms with E-state index in [9.17, 15) is 18.0 Å². The second-order valence-corrected chi connectivity index (χ2v) is 9.38. The summed E-state index contributed by atoms with van der Waals surface area (Å²) in [5, 5.41) is 0. The fraction of sp³-hybridized carbons (Fsp3) is 0.556. The van der Waals surface area contributed by atoms with E-state index in [0.717, 1.165) is 5.56 Å². The second-order valence-electron chi connectivity index (χ2n) is 7.62. The van der Waals surface area contributed by atoms with E-state index in [4.69, 9.17) is 0 Å². The molecule has 146 valence electrons. The van der Waals surface area contributed by atoms with Crippen molar-refractivity contribution in [3.05, 3.63) is 29.8 Å². The molecule has 0 spiro atoms. The number of hydrazine groups is 1. The minimum absolute atomic E-state index is 0.0603. The van der Waals surface area contributed by atoms with Gasteiger partial charge in [-0.25, -0.2) is 13.1 Å². The van der Waals surface area contributed by atoms with Gasteiger partial charge >= 0.3 is 0 Å². The lowest BCUT2D eigenvalue weighted by molar-refractivity contribution is -0.129. The van der Waals surface area contributed by atoms with Gasteiger partial charge in [0.15, 0.2) is 0 Å². The first-order chi connectivity index (χ1) is 11.9. The maximum Gasteiger partial charge on any atom is 0.240 e.